The minimum Gasteiger partial charge on any atom is -0.396 e. The number of halogens is 3. The van der Waals surface area contributed by atoms with Gasteiger partial charge in [-0.25, -0.2) is 9.97 Å². The molecule has 1 aliphatic carbocycles. The maximum atomic E-state index is 13.2. The summed E-state index contributed by atoms with van der Waals surface area (Å²) >= 11 is 1.34. The number of nitrogens with zero attached hydrogens (tertiary/aromatic N) is 2. The van der Waals surface area contributed by atoms with Crippen molar-refractivity contribution in [3.05, 3.63) is 76.7 Å². The fourth-order valence-electron chi connectivity index (χ4n) is 3.67. The maximum absolute atomic E-state index is 13.2. The van der Waals surface area contributed by atoms with E-state index in [2.05, 4.69) is 26.0 Å². The summed E-state index contributed by atoms with van der Waals surface area (Å²) in [5.41, 5.74) is 8.66. The number of primary amides is 1. The van der Waals surface area contributed by atoms with Gasteiger partial charge in [-0.3, -0.25) is 9.59 Å². The molecule has 0 saturated carbocycles. The summed E-state index contributed by atoms with van der Waals surface area (Å²) in [6.07, 6.45) is 2.11. The minimum atomic E-state index is -4.31. The van der Waals surface area contributed by atoms with Crippen LogP contribution in [-0.2, 0) is 4.79 Å². The third-order valence-electron chi connectivity index (χ3n) is 5.38. The van der Waals surface area contributed by atoms with Crippen molar-refractivity contribution in [1.29, 1.82) is 0 Å². The van der Waals surface area contributed by atoms with Crippen molar-refractivity contribution in [2.75, 3.05) is 11.9 Å². The molecule has 0 bridgehead atoms. The smallest absolute Gasteiger partial charge is 0.395 e. The molecule has 2 amide bonds. The van der Waals surface area contributed by atoms with E-state index in [1.54, 1.807) is 47.4 Å². The second-order valence-electron chi connectivity index (χ2n) is 7.74. The number of carbonyl (C=O) groups is 2. The number of aromatic nitrogens is 3. The van der Waals surface area contributed by atoms with Gasteiger partial charge in [0.05, 0.1) is 23.3 Å². The van der Waals surface area contributed by atoms with Crippen molar-refractivity contribution < 1.29 is 27.9 Å². The van der Waals surface area contributed by atoms with E-state index in [4.69, 9.17) is 4.79 Å². The minimum absolute atomic E-state index is 0.0897. The van der Waals surface area contributed by atoms with Crippen LogP contribution in [0.25, 0.3) is 11.3 Å². The second kappa shape index (κ2) is 12.3. The van der Waals surface area contributed by atoms with E-state index in [1.165, 1.54) is 23.5 Å². The number of imidazole rings is 1. The zero-order valence-electron chi connectivity index (χ0n) is 18.9. The molecule has 36 heavy (non-hydrogen) atoms. The second-order valence-corrected chi connectivity index (χ2v) is 8.46. The largest absolute Gasteiger partial charge is 0.396 e. The summed E-state index contributed by atoms with van der Waals surface area (Å²) in [4.78, 5) is 32.2. The van der Waals surface area contributed by atoms with E-state index in [-0.39, 0.29) is 31.8 Å². The number of hydrogen-bond acceptors (Lipinski definition) is 6. The Morgan fingerprint density at radius 2 is 2.03 bits per heavy atom. The lowest BCUT2D eigenvalue weighted by molar-refractivity contribution is -0.160. The van der Waals surface area contributed by atoms with E-state index in [9.17, 15) is 23.1 Å². The SMILES string of the molecule is NC=O.O=C(Nc1ccc(-c2cnc(C(CCO)C3=CC(C(F)(F)F)CC=C3)[nH]2)cc1)c1cscn1. The average molecular weight is 520 g/mol. The molecule has 0 fully saturated rings. The van der Waals surface area contributed by atoms with Gasteiger partial charge >= 0.3 is 6.18 Å². The van der Waals surface area contributed by atoms with Crippen molar-refractivity contribution in [3.63, 3.8) is 0 Å². The summed E-state index contributed by atoms with van der Waals surface area (Å²) < 4.78 is 39.6. The fraction of sp³-hybridized carbons (Fsp3) is 0.250. The fourth-order valence-corrected chi connectivity index (χ4v) is 4.20. The molecule has 1 aliphatic rings. The number of anilines is 1. The number of H-pyrrole nitrogens is 1. The van der Waals surface area contributed by atoms with Gasteiger partial charge in [0.2, 0.25) is 6.41 Å². The van der Waals surface area contributed by atoms with Crippen molar-refractivity contribution >= 4 is 29.3 Å². The zero-order chi connectivity index (χ0) is 26.1. The van der Waals surface area contributed by atoms with Crippen LogP contribution in [0.15, 0.2) is 65.2 Å². The molecule has 0 aliphatic heterocycles. The van der Waals surface area contributed by atoms with Crippen molar-refractivity contribution in [2.24, 2.45) is 11.7 Å². The van der Waals surface area contributed by atoms with Crippen molar-refractivity contribution in [1.82, 2.24) is 15.0 Å². The molecule has 0 radical (unpaired) electrons. The van der Waals surface area contributed by atoms with E-state index >= 15 is 0 Å². The number of aliphatic hydroxyl groups excluding tert-OH is 1. The van der Waals surface area contributed by atoms with Crippen LogP contribution in [0.3, 0.4) is 0 Å². The van der Waals surface area contributed by atoms with Gasteiger partial charge in [-0.15, -0.1) is 11.3 Å². The normalized spacial score (nSPS) is 15.9. The highest BCUT2D eigenvalue weighted by Gasteiger charge is 2.39. The van der Waals surface area contributed by atoms with Crippen LogP contribution in [0.4, 0.5) is 18.9 Å². The van der Waals surface area contributed by atoms with Crippen LogP contribution in [0.1, 0.15) is 35.1 Å². The molecule has 2 unspecified atom stereocenters. The highest BCUT2D eigenvalue weighted by molar-refractivity contribution is 7.07. The molecule has 2 heterocycles. The van der Waals surface area contributed by atoms with E-state index < -0.39 is 18.0 Å². The van der Waals surface area contributed by atoms with Gasteiger partial charge in [-0.1, -0.05) is 30.4 Å². The third-order valence-corrected chi connectivity index (χ3v) is 5.97. The number of aromatic amines is 1. The molecule has 1 aromatic carbocycles. The lowest BCUT2D eigenvalue weighted by Crippen LogP contribution is -2.23. The first-order valence-electron chi connectivity index (χ1n) is 10.8. The Kier molecular flexibility index (Phi) is 9.14. The number of thiazole rings is 1. The van der Waals surface area contributed by atoms with Gasteiger partial charge < -0.3 is 21.1 Å². The standard InChI is InChI=1S/C23H21F3N4O2S.CH3NO/c24-23(25,26)16-3-1-2-15(10-16)18(8-9-31)21-27-11-19(30-21)14-4-6-17(7-5-14)29-22(32)20-12-33-13-28-20;2-1-3/h1-2,4-7,10-13,16,18,31H,3,8-9H2,(H,27,30)(H,29,32);1H,(H2,2,3). The summed E-state index contributed by atoms with van der Waals surface area (Å²) in [7, 11) is 0. The van der Waals surface area contributed by atoms with Crippen LogP contribution >= 0.6 is 11.3 Å². The number of nitrogens with one attached hydrogen (secondary N) is 2. The van der Waals surface area contributed by atoms with Gasteiger partial charge in [-0.2, -0.15) is 13.2 Å². The quantitative estimate of drug-likeness (QED) is 0.343. The van der Waals surface area contributed by atoms with Gasteiger partial charge in [-0.05, 0) is 36.1 Å². The lowest BCUT2D eigenvalue weighted by atomic mass is 9.86. The van der Waals surface area contributed by atoms with Crippen molar-refractivity contribution in [3.8, 4) is 11.3 Å². The Morgan fingerprint density at radius 3 is 2.64 bits per heavy atom. The molecule has 12 heteroatoms. The Labute approximate surface area is 208 Å². The Bertz CT molecular complexity index is 1200. The molecule has 5 N–H and O–H groups in total. The summed E-state index contributed by atoms with van der Waals surface area (Å²) in [5.74, 6) is -1.84. The Hall–Kier alpha value is -3.77. The maximum Gasteiger partial charge on any atom is 0.395 e. The molecule has 4 rings (SSSR count). The summed E-state index contributed by atoms with van der Waals surface area (Å²) in [6, 6.07) is 7.08. The molecule has 2 aromatic heterocycles. The van der Waals surface area contributed by atoms with Gasteiger partial charge in [0.15, 0.2) is 0 Å². The number of nitrogens with two attached hydrogens (primary N) is 1. The lowest BCUT2D eigenvalue weighted by Gasteiger charge is -2.23. The van der Waals surface area contributed by atoms with Crippen LogP contribution < -0.4 is 11.1 Å². The molecule has 0 spiro atoms. The highest BCUT2D eigenvalue weighted by Crippen LogP contribution is 2.38. The van der Waals surface area contributed by atoms with Crippen LogP contribution in [0.5, 0.6) is 0 Å². The monoisotopic (exact) mass is 519 g/mol. The Balaban J connectivity index is 0.00000115. The van der Waals surface area contributed by atoms with Crippen LogP contribution in [0.2, 0.25) is 0 Å². The number of rotatable bonds is 7. The van der Waals surface area contributed by atoms with E-state index in [0.29, 0.717) is 28.5 Å². The van der Waals surface area contributed by atoms with Crippen LogP contribution in [-0.4, -0.2) is 45.2 Å². The number of hydrogen-bond donors (Lipinski definition) is 4. The molecular weight excluding hydrogens is 495 g/mol. The van der Waals surface area contributed by atoms with E-state index in [1.807, 2.05) is 0 Å². The van der Waals surface area contributed by atoms with Crippen LogP contribution in [0, 0.1) is 5.92 Å². The zero-order valence-corrected chi connectivity index (χ0v) is 19.7. The molecule has 0 saturated heterocycles. The van der Waals surface area contributed by atoms with Crippen molar-refractivity contribution in [2.45, 2.75) is 24.9 Å². The number of amides is 2. The first-order valence-corrected chi connectivity index (χ1v) is 11.8. The third kappa shape index (κ3) is 6.89. The number of benzene rings is 1. The predicted molar refractivity (Wildman–Crippen MR) is 130 cm³/mol. The summed E-state index contributed by atoms with van der Waals surface area (Å²) in [5, 5.41) is 13.9. The first-order chi connectivity index (χ1) is 17.3. The number of carbonyl (C=O) groups excluding carboxylic acids is 2. The predicted octanol–water partition coefficient (Wildman–Crippen LogP) is 4.42. The van der Waals surface area contributed by atoms with Gasteiger partial charge in [0.25, 0.3) is 5.91 Å². The Morgan fingerprint density at radius 1 is 1.31 bits per heavy atom. The molecular formula is C24H24F3N5O3S. The average Bonchev–Trinajstić information content (AvgIpc) is 3.56. The van der Waals surface area contributed by atoms with E-state index in [0.717, 1.165) is 5.56 Å². The summed E-state index contributed by atoms with van der Waals surface area (Å²) in [6.45, 7) is -0.185. The highest BCUT2D eigenvalue weighted by atomic mass is 32.1. The topological polar surface area (TPSA) is 134 Å². The van der Waals surface area contributed by atoms with Gasteiger partial charge in [0.1, 0.15) is 11.5 Å². The first kappa shape index (κ1) is 26.8. The molecule has 3 aromatic rings. The van der Waals surface area contributed by atoms with Gasteiger partial charge in [0, 0.05) is 23.6 Å². The number of allylic oxidation sites excluding steroid dienone is 4. The molecule has 8 nitrogen and oxygen atoms in total. The number of alkyl halides is 3. The molecule has 190 valence electrons. The number of aliphatic hydroxyl groups is 1. The molecule has 2 atom stereocenters.